The van der Waals surface area contributed by atoms with Crippen molar-refractivity contribution in [2.24, 2.45) is 7.05 Å². The summed E-state index contributed by atoms with van der Waals surface area (Å²) in [5.74, 6) is 1.73. The van der Waals surface area contributed by atoms with Gasteiger partial charge < -0.3 is 0 Å². The zero-order valence-corrected chi connectivity index (χ0v) is 10.2. The summed E-state index contributed by atoms with van der Waals surface area (Å²) in [5.41, 5.74) is 1.14. The number of aromatic nitrogens is 3. The van der Waals surface area contributed by atoms with Gasteiger partial charge in [-0.1, -0.05) is 18.2 Å². The Morgan fingerprint density at radius 2 is 2.00 bits per heavy atom. The molecule has 0 aliphatic carbocycles. The molecule has 0 bridgehead atoms. The fourth-order valence-electron chi connectivity index (χ4n) is 1.39. The third-order valence-electron chi connectivity index (χ3n) is 1.98. The molecule has 72 valence electrons. The molecule has 4 heteroatoms. The summed E-state index contributed by atoms with van der Waals surface area (Å²) in [6.07, 6.45) is 0. The summed E-state index contributed by atoms with van der Waals surface area (Å²) in [5, 5.41) is 4.23. The predicted molar refractivity (Wildman–Crippen MR) is 63.9 cm³/mol. The van der Waals surface area contributed by atoms with Crippen molar-refractivity contribution >= 4 is 22.6 Å². The van der Waals surface area contributed by atoms with Gasteiger partial charge >= 0.3 is 0 Å². The maximum Gasteiger partial charge on any atom is 0.159 e. The smallest absolute Gasteiger partial charge is 0.159 e. The van der Waals surface area contributed by atoms with Crippen LogP contribution >= 0.6 is 22.6 Å². The number of hydrogen-bond acceptors (Lipinski definition) is 2. The van der Waals surface area contributed by atoms with Crippen molar-refractivity contribution in [3.05, 3.63) is 33.7 Å². The zero-order chi connectivity index (χ0) is 10.1. The monoisotopic (exact) mass is 299 g/mol. The van der Waals surface area contributed by atoms with Crippen molar-refractivity contribution in [3.8, 4) is 11.4 Å². The Kier molecular flexibility index (Phi) is 2.54. The Hall–Kier alpha value is -0.910. The van der Waals surface area contributed by atoms with Crippen molar-refractivity contribution in [2.45, 2.75) is 6.92 Å². The Morgan fingerprint density at radius 3 is 2.57 bits per heavy atom. The molecule has 2 rings (SSSR count). The van der Waals surface area contributed by atoms with Gasteiger partial charge in [0.05, 0.1) is 0 Å². The second-order valence-electron chi connectivity index (χ2n) is 3.09. The van der Waals surface area contributed by atoms with Gasteiger partial charge in [0.1, 0.15) is 5.82 Å². The summed E-state index contributed by atoms with van der Waals surface area (Å²) < 4.78 is 3.01. The summed E-state index contributed by atoms with van der Waals surface area (Å²) >= 11 is 2.31. The lowest BCUT2D eigenvalue weighted by molar-refractivity contribution is 0.763. The second kappa shape index (κ2) is 3.68. The van der Waals surface area contributed by atoms with Crippen LogP contribution in [0.25, 0.3) is 11.4 Å². The van der Waals surface area contributed by atoms with Crippen LogP contribution in [-0.2, 0) is 7.05 Å². The van der Waals surface area contributed by atoms with E-state index in [4.69, 9.17) is 0 Å². The van der Waals surface area contributed by atoms with E-state index in [-0.39, 0.29) is 0 Å². The average molecular weight is 299 g/mol. The van der Waals surface area contributed by atoms with Gasteiger partial charge in [0.15, 0.2) is 5.82 Å². The van der Waals surface area contributed by atoms with Crippen LogP contribution in [0.15, 0.2) is 24.3 Å². The van der Waals surface area contributed by atoms with Crippen LogP contribution in [-0.4, -0.2) is 14.8 Å². The molecule has 0 atom stereocenters. The lowest BCUT2D eigenvalue weighted by Gasteiger charge is -2.01. The molecule has 1 heterocycles. The number of rotatable bonds is 1. The number of aryl methyl sites for hydroxylation is 2. The first-order valence-corrected chi connectivity index (χ1v) is 5.39. The standard InChI is InChI=1S/C10H10IN3/c1-7-12-10(14(2)13-7)8-5-3-4-6-9(8)11/h3-6H,1-2H3. The van der Waals surface area contributed by atoms with E-state index in [0.29, 0.717) is 0 Å². The Balaban J connectivity index is 2.60. The molecule has 0 amide bonds. The fraction of sp³-hybridized carbons (Fsp3) is 0.200. The van der Waals surface area contributed by atoms with E-state index in [9.17, 15) is 0 Å². The van der Waals surface area contributed by atoms with E-state index < -0.39 is 0 Å². The molecule has 0 saturated carbocycles. The van der Waals surface area contributed by atoms with E-state index in [0.717, 1.165) is 17.2 Å². The molecule has 14 heavy (non-hydrogen) atoms. The van der Waals surface area contributed by atoms with Crippen molar-refractivity contribution in [3.63, 3.8) is 0 Å². The summed E-state index contributed by atoms with van der Waals surface area (Å²) in [6, 6.07) is 8.17. The molecule has 1 aromatic heterocycles. The van der Waals surface area contributed by atoms with Gasteiger partial charge in [-0.05, 0) is 35.6 Å². The highest BCUT2D eigenvalue weighted by atomic mass is 127. The molecule has 0 aliphatic heterocycles. The maximum atomic E-state index is 4.39. The quantitative estimate of drug-likeness (QED) is 0.757. The van der Waals surface area contributed by atoms with E-state index in [2.05, 4.69) is 44.8 Å². The van der Waals surface area contributed by atoms with Crippen LogP contribution < -0.4 is 0 Å². The average Bonchev–Trinajstić information content (AvgIpc) is 2.46. The molecule has 0 saturated heterocycles. The van der Waals surface area contributed by atoms with E-state index in [1.165, 1.54) is 3.57 Å². The minimum atomic E-state index is 0.808. The minimum absolute atomic E-state index is 0.808. The molecule has 0 spiro atoms. The number of hydrogen-bond donors (Lipinski definition) is 0. The fourth-order valence-corrected chi connectivity index (χ4v) is 2.02. The molecule has 0 aliphatic rings. The van der Waals surface area contributed by atoms with Crippen LogP contribution in [0.1, 0.15) is 5.82 Å². The first kappa shape index (κ1) is 9.64. The summed E-state index contributed by atoms with van der Waals surface area (Å²) in [6.45, 7) is 1.90. The SMILES string of the molecule is Cc1nc(-c2ccccc2I)n(C)n1. The van der Waals surface area contributed by atoms with E-state index >= 15 is 0 Å². The summed E-state index contributed by atoms with van der Waals surface area (Å²) in [4.78, 5) is 4.39. The van der Waals surface area contributed by atoms with Crippen molar-refractivity contribution in [2.75, 3.05) is 0 Å². The Bertz CT molecular complexity index is 462. The highest BCUT2D eigenvalue weighted by Gasteiger charge is 2.08. The number of nitrogens with zero attached hydrogens (tertiary/aromatic N) is 3. The van der Waals surface area contributed by atoms with Crippen LogP contribution in [0.2, 0.25) is 0 Å². The molecule has 3 nitrogen and oxygen atoms in total. The molecule has 0 radical (unpaired) electrons. The van der Waals surface area contributed by atoms with Crippen molar-refractivity contribution in [1.29, 1.82) is 0 Å². The van der Waals surface area contributed by atoms with Crippen LogP contribution in [0.5, 0.6) is 0 Å². The lowest BCUT2D eigenvalue weighted by atomic mass is 10.2. The van der Waals surface area contributed by atoms with Gasteiger partial charge in [-0.25, -0.2) is 9.67 Å². The van der Waals surface area contributed by atoms with Crippen molar-refractivity contribution < 1.29 is 0 Å². The predicted octanol–water partition coefficient (Wildman–Crippen LogP) is 2.40. The van der Waals surface area contributed by atoms with Gasteiger partial charge in [-0.15, -0.1) is 0 Å². The van der Waals surface area contributed by atoms with Gasteiger partial charge in [0, 0.05) is 16.2 Å². The normalized spacial score (nSPS) is 10.5. The largest absolute Gasteiger partial charge is 0.249 e. The maximum absolute atomic E-state index is 4.39. The van der Waals surface area contributed by atoms with Gasteiger partial charge in [-0.3, -0.25) is 0 Å². The first-order valence-electron chi connectivity index (χ1n) is 4.31. The minimum Gasteiger partial charge on any atom is -0.249 e. The lowest BCUT2D eigenvalue weighted by Crippen LogP contribution is -1.95. The molecule has 0 unspecified atom stereocenters. The third-order valence-corrected chi connectivity index (χ3v) is 2.92. The number of benzene rings is 1. The number of halogens is 1. The van der Waals surface area contributed by atoms with E-state index in [1.807, 2.05) is 30.8 Å². The molecule has 1 aromatic carbocycles. The summed E-state index contributed by atoms with van der Waals surface area (Å²) in [7, 11) is 1.92. The topological polar surface area (TPSA) is 30.7 Å². The van der Waals surface area contributed by atoms with E-state index in [1.54, 1.807) is 0 Å². The van der Waals surface area contributed by atoms with Gasteiger partial charge in [0.25, 0.3) is 0 Å². The zero-order valence-electron chi connectivity index (χ0n) is 8.03. The second-order valence-corrected chi connectivity index (χ2v) is 4.25. The third kappa shape index (κ3) is 1.66. The highest BCUT2D eigenvalue weighted by Crippen LogP contribution is 2.22. The van der Waals surface area contributed by atoms with Crippen LogP contribution in [0, 0.1) is 10.5 Å². The van der Waals surface area contributed by atoms with Crippen LogP contribution in [0.4, 0.5) is 0 Å². The highest BCUT2D eigenvalue weighted by molar-refractivity contribution is 14.1. The molecule has 0 fully saturated rings. The Labute approximate surface area is 96.3 Å². The molecular formula is C10H10IN3. The molecular weight excluding hydrogens is 289 g/mol. The van der Waals surface area contributed by atoms with Crippen LogP contribution in [0.3, 0.4) is 0 Å². The van der Waals surface area contributed by atoms with Gasteiger partial charge in [-0.2, -0.15) is 5.10 Å². The molecule has 2 aromatic rings. The molecule has 0 N–H and O–H groups in total. The Morgan fingerprint density at radius 1 is 1.29 bits per heavy atom. The first-order chi connectivity index (χ1) is 6.68. The van der Waals surface area contributed by atoms with Crippen molar-refractivity contribution in [1.82, 2.24) is 14.8 Å². The van der Waals surface area contributed by atoms with Gasteiger partial charge in [0.2, 0.25) is 0 Å².